The molecule has 0 aliphatic heterocycles. The lowest BCUT2D eigenvalue weighted by Gasteiger charge is -2.40. The second-order valence-corrected chi connectivity index (χ2v) is 17.9. The minimum atomic E-state index is -0.590. The van der Waals surface area contributed by atoms with Crippen molar-refractivity contribution in [2.45, 2.75) is 18.3 Å². The van der Waals surface area contributed by atoms with Gasteiger partial charge in [0.2, 0.25) is 0 Å². The second kappa shape index (κ2) is 13.9. The molecule has 1 atom stereocenters. The highest BCUT2D eigenvalue weighted by atomic mass is 15.1. The summed E-state index contributed by atoms with van der Waals surface area (Å²) >= 11 is 0. The molecule has 3 aliphatic carbocycles. The number of allylic oxidation sites excluding steroid dienone is 4. The minimum absolute atomic E-state index is 0.590. The normalized spacial score (nSPS) is 16.0. The first kappa shape index (κ1) is 36.3. The van der Waals surface area contributed by atoms with E-state index in [1.54, 1.807) is 0 Å². The summed E-state index contributed by atoms with van der Waals surface area (Å²) in [6.07, 6.45) is 4.58. The number of rotatable bonds is 6. The minimum Gasteiger partial charge on any atom is -0.310 e. The van der Waals surface area contributed by atoms with Gasteiger partial charge >= 0.3 is 0 Å². The van der Waals surface area contributed by atoms with E-state index in [1.165, 1.54) is 99.0 Å². The molecule has 0 saturated heterocycles. The zero-order chi connectivity index (χ0) is 42.6. The van der Waals surface area contributed by atoms with E-state index in [1.807, 2.05) is 0 Å². The lowest BCUT2D eigenvalue weighted by Crippen LogP contribution is -2.32. The van der Waals surface area contributed by atoms with E-state index >= 15 is 0 Å². The van der Waals surface area contributed by atoms with Crippen LogP contribution >= 0.6 is 0 Å². The van der Waals surface area contributed by atoms with Crippen LogP contribution in [-0.2, 0) is 5.41 Å². The molecule has 0 bridgehead atoms. The summed E-state index contributed by atoms with van der Waals surface area (Å²) in [7, 11) is 0. The summed E-state index contributed by atoms with van der Waals surface area (Å²) in [4.78, 5) is 2.47. The number of anilines is 3. The molecule has 304 valence electrons. The van der Waals surface area contributed by atoms with Crippen molar-refractivity contribution >= 4 is 71.6 Å². The molecule has 0 N–H and O–H groups in total. The monoisotopic (exact) mass is 826 g/mol. The smallest absolute Gasteiger partial charge is 0.0723 e. The van der Waals surface area contributed by atoms with Gasteiger partial charge in [-0.15, -0.1) is 0 Å². The highest BCUT2D eigenvalue weighted by Gasteiger charge is 2.52. The summed E-state index contributed by atoms with van der Waals surface area (Å²) in [6, 6.07) is 83.7. The standard InChI is InChI=1S/C63H42N2/c1-5-17-41(18-6-1)45-32-35-50-51-36-33-46(42-19-7-2-8-20-42)39-56(51)63(55(50)38-45)53-28-15-27-52-58(64(47-23-9-3-10-24-47)48-25-11-4-12-26-48)40-59-62(60(52)53)61-54(63)29-16-30-57(61)65(59)49-34-31-43-21-13-14-22-44(43)37-49/h1-32,34-35,37-40H,33,36H2. The van der Waals surface area contributed by atoms with Crippen molar-refractivity contribution in [1.29, 1.82) is 0 Å². The highest BCUT2D eigenvalue weighted by Crippen LogP contribution is 2.64. The molecule has 65 heavy (non-hydrogen) atoms. The van der Waals surface area contributed by atoms with Gasteiger partial charge in [0.25, 0.3) is 0 Å². The molecule has 11 aromatic rings. The topological polar surface area (TPSA) is 8.17 Å². The van der Waals surface area contributed by atoms with Crippen LogP contribution in [-0.4, -0.2) is 4.57 Å². The number of hydrogen-bond donors (Lipinski definition) is 0. The van der Waals surface area contributed by atoms with Gasteiger partial charge in [0.05, 0.1) is 22.1 Å². The van der Waals surface area contributed by atoms with Crippen LogP contribution in [0.25, 0.3) is 71.3 Å². The number of benzene rings is 10. The van der Waals surface area contributed by atoms with E-state index in [4.69, 9.17) is 0 Å². The van der Waals surface area contributed by atoms with Gasteiger partial charge < -0.3 is 9.47 Å². The van der Waals surface area contributed by atoms with Crippen LogP contribution in [0.1, 0.15) is 40.7 Å². The van der Waals surface area contributed by atoms with Gasteiger partial charge in [-0.3, -0.25) is 0 Å². The lowest BCUT2D eigenvalue weighted by molar-refractivity contribution is 0.772. The van der Waals surface area contributed by atoms with Gasteiger partial charge in [-0.25, -0.2) is 0 Å². The molecule has 1 aromatic heterocycles. The van der Waals surface area contributed by atoms with E-state index in [2.05, 4.69) is 240 Å². The number of fused-ring (bicyclic) bond motifs is 7. The molecule has 1 heterocycles. The van der Waals surface area contributed by atoms with Crippen LogP contribution in [0, 0.1) is 0 Å². The van der Waals surface area contributed by atoms with Crippen LogP contribution in [0.5, 0.6) is 0 Å². The largest absolute Gasteiger partial charge is 0.310 e. The van der Waals surface area contributed by atoms with Crippen molar-refractivity contribution in [2.24, 2.45) is 0 Å². The molecule has 14 rings (SSSR count). The van der Waals surface area contributed by atoms with Gasteiger partial charge in [-0.2, -0.15) is 0 Å². The Morgan fingerprint density at radius 1 is 0.415 bits per heavy atom. The molecule has 2 heteroatoms. The molecule has 0 radical (unpaired) electrons. The molecule has 0 fully saturated rings. The van der Waals surface area contributed by atoms with Crippen molar-refractivity contribution in [3.63, 3.8) is 0 Å². The Balaban J connectivity index is 1.18. The highest BCUT2D eigenvalue weighted by molar-refractivity contribution is 6.29. The number of aromatic nitrogens is 1. The maximum Gasteiger partial charge on any atom is 0.0723 e. The third kappa shape index (κ3) is 5.11. The summed E-state index contributed by atoms with van der Waals surface area (Å²) in [5.41, 5.74) is 19.9. The van der Waals surface area contributed by atoms with Crippen LogP contribution in [0.4, 0.5) is 17.1 Å². The first-order valence-electron chi connectivity index (χ1n) is 22.9. The fraction of sp³-hybridized carbons (Fsp3) is 0.0476. The fourth-order valence-corrected chi connectivity index (χ4v) is 12.0. The van der Waals surface area contributed by atoms with E-state index < -0.39 is 5.41 Å². The molecule has 0 saturated carbocycles. The van der Waals surface area contributed by atoms with Gasteiger partial charge in [0.1, 0.15) is 0 Å². The summed E-state index contributed by atoms with van der Waals surface area (Å²) in [5.74, 6) is 0. The number of para-hydroxylation sites is 2. The van der Waals surface area contributed by atoms with Crippen LogP contribution < -0.4 is 4.90 Å². The first-order valence-corrected chi connectivity index (χ1v) is 22.9. The van der Waals surface area contributed by atoms with E-state index in [0.717, 1.165) is 35.6 Å². The molecule has 1 spiro atoms. The van der Waals surface area contributed by atoms with Crippen molar-refractivity contribution in [3.8, 4) is 16.8 Å². The Labute approximate surface area is 378 Å². The summed E-state index contributed by atoms with van der Waals surface area (Å²) < 4.78 is 2.56. The van der Waals surface area contributed by atoms with Crippen molar-refractivity contribution < 1.29 is 0 Å². The van der Waals surface area contributed by atoms with Crippen molar-refractivity contribution in [3.05, 3.63) is 264 Å². The number of nitrogens with zero attached hydrogens (tertiary/aromatic N) is 2. The maximum absolute atomic E-state index is 2.60. The maximum atomic E-state index is 2.60. The van der Waals surface area contributed by atoms with Crippen molar-refractivity contribution in [1.82, 2.24) is 4.57 Å². The Kier molecular flexibility index (Phi) is 7.76. The molecule has 1 unspecified atom stereocenters. The third-order valence-electron chi connectivity index (χ3n) is 14.7. The third-order valence-corrected chi connectivity index (χ3v) is 14.7. The van der Waals surface area contributed by atoms with Crippen LogP contribution in [0.2, 0.25) is 0 Å². The molecule has 3 aliphatic rings. The van der Waals surface area contributed by atoms with Crippen molar-refractivity contribution in [2.75, 3.05) is 4.90 Å². The SMILES string of the molecule is C1=C(c2ccccc2)CCC2=C1C1(c3cc(-c4ccccc4)ccc32)c2cccc3c(N(c4ccccc4)c4ccccc4)cc4c(c23)c2c1cccc2n4-c1ccc2ccccc2c1. The molecule has 10 aromatic carbocycles. The predicted octanol–water partition coefficient (Wildman–Crippen LogP) is 16.5. The molecule has 0 amide bonds. The zero-order valence-corrected chi connectivity index (χ0v) is 35.7. The Hall–Kier alpha value is -8.20. The van der Waals surface area contributed by atoms with Crippen LogP contribution in [0.15, 0.2) is 236 Å². The Morgan fingerprint density at radius 2 is 1.06 bits per heavy atom. The fourth-order valence-electron chi connectivity index (χ4n) is 12.0. The van der Waals surface area contributed by atoms with Crippen LogP contribution in [0.3, 0.4) is 0 Å². The first-order chi connectivity index (χ1) is 32.3. The average Bonchev–Trinajstić information content (AvgIpc) is 3.87. The van der Waals surface area contributed by atoms with Gasteiger partial charge in [0.15, 0.2) is 0 Å². The summed E-state index contributed by atoms with van der Waals surface area (Å²) in [5, 5.41) is 7.69. The Bertz CT molecular complexity index is 3760. The Morgan fingerprint density at radius 3 is 1.80 bits per heavy atom. The van der Waals surface area contributed by atoms with E-state index in [-0.39, 0.29) is 0 Å². The quantitative estimate of drug-likeness (QED) is 0.162. The molecular formula is C63H42N2. The average molecular weight is 827 g/mol. The molecular weight excluding hydrogens is 785 g/mol. The summed E-state index contributed by atoms with van der Waals surface area (Å²) in [6.45, 7) is 0. The predicted molar refractivity (Wildman–Crippen MR) is 273 cm³/mol. The second-order valence-electron chi connectivity index (χ2n) is 17.9. The van der Waals surface area contributed by atoms with Gasteiger partial charge in [-0.05, 0) is 139 Å². The van der Waals surface area contributed by atoms with E-state index in [0.29, 0.717) is 0 Å². The molecule has 2 nitrogen and oxygen atoms in total. The van der Waals surface area contributed by atoms with Gasteiger partial charge in [0, 0.05) is 33.2 Å². The lowest BCUT2D eigenvalue weighted by atomic mass is 9.61. The van der Waals surface area contributed by atoms with E-state index in [9.17, 15) is 0 Å². The zero-order valence-electron chi connectivity index (χ0n) is 35.7. The number of hydrogen-bond acceptors (Lipinski definition) is 1. The van der Waals surface area contributed by atoms with Gasteiger partial charge in [-0.1, -0.05) is 176 Å².